The van der Waals surface area contributed by atoms with Crippen LogP contribution < -0.4 is 5.32 Å². The van der Waals surface area contributed by atoms with Crippen molar-refractivity contribution in [1.29, 1.82) is 0 Å². The van der Waals surface area contributed by atoms with E-state index in [0.29, 0.717) is 23.3 Å². The maximum Gasteiger partial charge on any atom is 0.258 e. The molecule has 5 rings (SSSR count). The third-order valence-corrected chi connectivity index (χ3v) is 6.84. The average molecular weight is 423 g/mol. The standard InChI is InChI=1S/C23H26N4O2S/c28-22(26-23-24-10-13-30-23)18-14-20(25-19-9-5-4-8-17(18)19)21-15-27(11-12-29-21)16-6-2-1-3-7-16/h4-5,8-10,13-14,16,21H,1-3,6-7,11-12,15H2,(H,24,26,28)/t21-/m0/s1. The minimum atomic E-state index is -0.162. The van der Waals surface area contributed by atoms with Crippen molar-refractivity contribution in [3.63, 3.8) is 0 Å². The first-order valence-electron chi connectivity index (χ1n) is 10.7. The quantitative estimate of drug-likeness (QED) is 0.663. The number of fused-ring (bicyclic) bond motifs is 1. The zero-order chi connectivity index (χ0) is 20.3. The van der Waals surface area contributed by atoms with Gasteiger partial charge in [0.1, 0.15) is 6.10 Å². The number of nitrogens with one attached hydrogen (secondary N) is 1. The van der Waals surface area contributed by atoms with E-state index in [1.54, 1.807) is 6.20 Å². The van der Waals surface area contributed by atoms with Gasteiger partial charge in [-0.25, -0.2) is 9.97 Å². The molecule has 1 atom stereocenters. The third-order valence-electron chi connectivity index (χ3n) is 6.15. The van der Waals surface area contributed by atoms with Crippen LogP contribution in [0.1, 0.15) is 54.3 Å². The summed E-state index contributed by atoms with van der Waals surface area (Å²) in [7, 11) is 0. The molecule has 0 unspecified atom stereocenters. The highest BCUT2D eigenvalue weighted by Crippen LogP contribution is 2.30. The highest BCUT2D eigenvalue weighted by Gasteiger charge is 2.29. The van der Waals surface area contributed by atoms with Crippen molar-refractivity contribution in [2.75, 3.05) is 25.0 Å². The molecule has 2 fully saturated rings. The Morgan fingerprint density at radius 3 is 2.90 bits per heavy atom. The van der Waals surface area contributed by atoms with Crippen LogP contribution in [0.2, 0.25) is 0 Å². The maximum absolute atomic E-state index is 13.0. The fourth-order valence-corrected chi connectivity index (χ4v) is 5.15. The van der Waals surface area contributed by atoms with Gasteiger partial charge in [0.2, 0.25) is 0 Å². The molecular weight excluding hydrogens is 396 g/mol. The Morgan fingerprint density at radius 2 is 2.07 bits per heavy atom. The van der Waals surface area contributed by atoms with E-state index in [4.69, 9.17) is 9.72 Å². The van der Waals surface area contributed by atoms with Gasteiger partial charge < -0.3 is 4.74 Å². The van der Waals surface area contributed by atoms with Crippen LogP contribution >= 0.6 is 11.3 Å². The van der Waals surface area contributed by atoms with E-state index in [0.717, 1.165) is 29.7 Å². The molecular formula is C23H26N4O2S. The van der Waals surface area contributed by atoms with Crippen molar-refractivity contribution in [1.82, 2.24) is 14.9 Å². The fraction of sp³-hybridized carbons (Fsp3) is 0.435. The summed E-state index contributed by atoms with van der Waals surface area (Å²) in [6.45, 7) is 2.52. The van der Waals surface area contributed by atoms with E-state index in [-0.39, 0.29) is 12.0 Å². The summed E-state index contributed by atoms with van der Waals surface area (Å²) >= 11 is 1.41. The number of morpholine rings is 1. The van der Waals surface area contributed by atoms with Crippen LogP contribution in [0.25, 0.3) is 10.9 Å². The first-order chi connectivity index (χ1) is 14.8. The maximum atomic E-state index is 13.0. The lowest BCUT2D eigenvalue weighted by molar-refractivity contribution is -0.0515. The Labute approximate surface area is 180 Å². The molecule has 3 aromatic rings. The van der Waals surface area contributed by atoms with E-state index in [1.807, 2.05) is 35.7 Å². The molecule has 0 spiro atoms. The molecule has 1 aliphatic heterocycles. The van der Waals surface area contributed by atoms with E-state index >= 15 is 0 Å². The van der Waals surface area contributed by atoms with Gasteiger partial charge in [0, 0.05) is 36.1 Å². The molecule has 6 nitrogen and oxygen atoms in total. The Bertz CT molecular complexity index is 1020. The van der Waals surface area contributed by atoms with Crippen molar-refractivity contribution >= 4 is 33.3 Å². The molecule has 3 heterocycles. The predicted octanol–water partition coefficient (Wildman–Crippen LogP) is 4.65. The van der Waals surface area contributed by atoms with Crippen molar-refractivity contribution in [2.45, 2.75) is 44.2 Å². The van der Waals surface area contributed by atoms with Crippen molar-refractivity contribution in [3.05, 3.63) is 53.2 Å². The summed E-state index contributed by atoms with van der Waals surface area (Å²) in [5.41, 5.74) is 2.26. The number of aromatic nitrogens is 2. The zero-order valence-electron chi connectivity index (χ0n) is 16.9. The number of hydrogen-bond acceptors (Lipinski definition) is 6. The number of para-hydroxylation sites is 1. The van der Waals surface area contributed by atoms with Gasteiger partial charge in [-0.1, -0.05) is 37.5 Å². The fourth-order valence-electron chi connectivity index (χ4n) is 4.62. The number of ether oxygens (including phenoxy) is 1. The Hall–Kier alpha value is -2.35. The summed E-state index contributed by atoms with van der Waals surface area (Å²) in [6, 6.07) is 10.3. The molecule has 1 saturated heterocycles. The summed E-state index contributed by atoms with van der Waals surface area (Å²) in [4.78, 5) is 24.7. The Kier molecular flexibility index (Phi) is 5.75. The number of carbonyl (C=O) groups excluding carboxylic acids is 1. The van der Waals surface area contributed by atoms with Crippen LogP contribution in [0, 0.1) is 0 Å². The molecule has 2 aromatic heterocycles. The third kappa shape index (κ3) is 4.10. The number of benzene rings is 1. The van der Waals surface area contributed by atoms with Gasteiger partial charge in [0.05, 0.1) is 23.4 Å². The Morgan fingerprint density at radius 1 is 1.20 bits per heavy atom. The van der Waals surface area contributed by atoms with Crippen molar-refractivity contribution < 1.29 is 9.53 Å². The first-order valence-corrected chi connectivity index (χ1v) is 11.6. The molecule has 30 heavy (non-hydrogen) atoms. The van der Waals surface area contributed by atoms with E-state index in [9.17, 15) is 4.79 Å². The molecule has 1 aliphatic carbocycles. The van der Waals surface area contributed by atoms with Gasteiger partial charge in [-0.2, -0.15) is 0 Å². The van der Waals surface area contributed by atoms with Gasteiger partial charge in [-0.3, -0.25) is 15.0 Å². The number of pyridine rings is 1. The molecule has 0 bridgehead atoms. The summed E-state index contributed by atoms with van der Waals surface area (Å²) < 4.78 is 6.13. The van der Waals surface area contributed by atoms with Crippen LogP contribution in [-0.2, 0) is 4.74 Å². The topological polar surface area (TPSA) is 67.4 Å². The van der Waals surface area contributed by atoms with E-state index < -0.39 is 0 Å². The number of nitrogens with zero attached hydrogens (tertiary/aromatic N) is 3. The zero-order valence-corrected chi connectivity index (χ0v) is 17.7. The monoisotopic (exact) mass is 422 g/mol. The number of rotatable bonds is 4. The van der Waals surface area contributed by atoms with Gasteiger partial charge in [-0.05, 0) is 25.0 Å². The van der Waals surface area contributed by atoms with Crippen LogP contribution in [0.3, 0.4) is 0 Å². The number of carbonyl (C=O) groups is 1. The minimum Gasteiger partial charge on any atom is -0.369 e. The first kappa shape index (κ1) is 19.6. The predicted molar refractivity (Wildman–Crippen MR) is 119 cm³/mol. The molecule has 1 amide bonds. The van der Waals surface area contributed by atoms with Gasteiger partial charge >= 0.3 is 0 Å². The smallest absolute Gasteiger partial charge is 0.258 e. The second-order valence-electron chi connectivity index (χ2n) is 8.05. The highest BCUT2D eigenvalue weighted by atomic mass is 32.1. The summed E-state index contributed by atoms with van der Waals surface area (Å²) in [5, 5.41) is 6.20. The number of hydrogen-bond donors (Lipinski definition) is 1. The average Bonchev–Trinajstić information content (AvgIpc) is 3.32. The van der Waals surface area contributed by atoms with Gasteiger partial charge in [0.25, 0.3) is 5.91 Å². The molecule has 1 aromatic carbocycles. The lowest BCUT2D eigenvalue weighted by Crippen LogP contribution is -2.45. The summed E-state index contributed by atoms with van der Waals surface area (Å²) in [6.07, 6.45) is 8.12. The normalized spacial score (nSPS) is 21.0. The number of thiazole rings is 1. The SMILES string of the molecule is O=C(Nc1nccs1)c1cc([C@@H]2CN(C3CCCCC3)CCO2)nc2ccccc12. The highest BCUT2D eigenvalue weighted by molar-refractivity contribution is 7.13. The second-order valence-corrected chi connectivity index (χ2v) is 8.94. The van der Waals surface area contributed by atoms with Gasteiger partial charge in [0.15, 0.2) is 5.13 Å². The van der Waals surface area contributed by atoms with Crippen LogP contribution in [0.15, 0.2) is 41.9 Å². The molecule has 1 N–H and O–H groups in total. The van der Waals surface area contributed by atoms with E-state index in [1.165, 1.54) is 43.4 Å². The van der Waals surface area contributed by atoms with Crippen LogP contribution in [0.5, 0.6) is 0 Å². The lowest BCUT2D eigenvalue weighted by atomic mass is 9.93. The molecule has 7 heteroatoms. The molecule has 156 valence electrons. The molecule has 0 radical (unpaired) electrons. The Balaban J connectivity index is 1.44. The minimum absolute atomic E-state index is 0.114. The second kappa shape index (κ2) is 8.79. The van der Waals surface area contributed by atoms with Crippen molar-refractivity contribution in [3.8, 4) is 0 Å². The number of anilines is 1. The van der Waals surface area contributed by atoms with E-state index in [2.05, 4.69) is 15.2 Å². The molecule has 1 saturated carbocycles. The largest absolute Gasteiger partial charge is 0.369 e. The number of amides is 1. The summed E-state index contributed by atoms with van der Waals surface area (Å²) in [5.74, 6) is -0.162. The molecule has 2 aliphatic rings. The lowest BCUT2D eigenvalue weighted by Gasteiger charge is -2.39. The van der Waals surface area contributed by atoms with Crippen LogP contribution in [0.4, 0.5) is 5.13 Å². The van der Waals surface area contributed by atoms with Gasteiger partial charge in [-0.15, -0.1) is 11.3 Å². The van der Waals surface area contributed by atoms with Crippen molar-refractivity contribution in [2.24, 2.45) is 0 Å². The van der Waals surface area contributed by atoms with Crippen LogP contribution in [-0.4, -0.2) is 46.5 Å².